The lowest BCUT2D eigenvalue weighted by molar-refractivity contribution is 0.0914. The van der Waals surface area contributed by atoms with Crippen molar-refractivity contribution in [1.82, 2.24) is 10.2 Å². The third-order valence-corrected chi connectivity index (χ3v) is 4.65. The number of likely N-dealkylation sites (N-methyl/N-ethyl adjacent to an activating group) is 1. The number of hydrogen-bond donors (Lipinski definition) is 1. The molecule has 140 valence electrons. The highest BCUT2D eigenvalue weighted by molar-refractivity contribution is 5.93. The molecule has 27 heavy (non-hydrogen) atoms. The predicted octanol–water partition coefficient (Wildman–Crippen LogP) is 3.44. The van der Waals surface area contributed by atoms with Crippen LogP contribution in [-0.2, 0) is 0 Å². The van der Waals surface area contributed by atoms with Crippen LogP contribution < -0.4 is 10.7 Å². The zero-order valence-electron chi connectivity index (χ0n) is 16.1. The number of nitrogens with one attached hydrogen (secondary N) is 1. The molecule has 0 aliphatic heterocycles. The molecule has 1 heterocycles. The van der Waals surface area contributed by atoms with E-state index >= 15 is 0 Å². The van der Waals surface area contributed by atoms with E-state index in [0.29, 0.717) is 17.5 Å². The van der Waals surface area contributed by atoms with Gasteiger partial charge in [0.2, 0.25) is 0 Å². The predicted molar refractivity (Wildman–Crippen MR) is 107 cm³/mol. The van der Waals surface area contributed by atoms with Gasteiger partial charge in [-0.15, -0.1) is 0 Å². The van der Waals surface area contributed by atoms with Crippen molar-refractivity contribution in [3.8, 4) is 0 Å². The van der Waals surface area contributed by atoms with Crippen LogP contribution in [0.4, 0.5) is 0 Å². The fourth-order valence-corrected chi connectivity index (χ4v) is 3.27. The van der Waals surface area contributed by atoms with Gasteiger partial charge in [0, 0.05) is 12.6 Å². The maximum atomic E-state index is 12.6. The van der Waals surface area contributed by atoms with E-state index < -0.39 is 5.91 Å². The molecular weight excluding hydrogens is 340 g/mol. The summed E-state index contributed by atoms with van der Waals surface area (Å²) in [5.41, 5.74) is 3.19. The van der Waals surface area contributed by atoms with Crippen molar-refractivity contribution in [3.63, 3.8) is 0 Å². The maximum Gasteiger partial charge on any atom is 0.287 e. The molecule has 0 aliphatic carbocycles. The van der Waals surface area contributed by atoms with Crippen molar-refractivity contribution < 1.29 is 9.21 Å². The molecular formula is C22H24N2O3. The molecule has 0 bridgehead atoms. The molecule has 2 aromatic carbocycles. The van der Waals surface area contributed by atoms with Crippen LogP contribution >= 0.6 is 0 Å². The van der Waals surface area contributed by atoms with Crippen molar-refractivity contribution in [1.29, 1.82) is 0 Å². The van der Waals surface area contributed by atoms with Gasteiger partial charge in [-0.2, -0.15) is 0 Å². The lowest BCUT2D eigenvalue weighted by Gasteiger charge is -2.25. The highest BCUT2D eigenvalue weighted by Crippen LogP contribution is 2.20. The second-order valence-electron chi connectivity index (χ2n) is 7.03. The molecule has 1 N–H and O–H groups in total. The Kier molecular flexibility index (Phi) is 5.42. The maximum absolute atomic E-state index is 12.6. The molecule has 1 atom stereocenters. The largest absolute Gasteiger partial charge is 0.450 e. The summed E-state index contributed by atoms with van der Waals surface area (Å²) < 4.78 is 5.76. The van der Waals surface area contributed by atoms with E-state index in [0.717, 1.165) is 16.7 Å². The van der Waals surface area contributed by atoms with E-state index in [9.17, 15) is 9.59 Å². The third-order valence-electron chi connectivity index (χ3n) is 4.65. The molecule has 5 nitrogen and oxygen atoms in total. The average molecular weight is 364 g/mol. The van der Waals surface area contributed by atoms with Crippen LogP contribution in [-0.4, -0.2) is 31.4 Å². The van der Waals surface area contributed by atoms with Gasteiger partial charge in [0.05, 0.1) is 11.4 Å². The van der Waals surface area contributed by atoms with Gasteiger partial charge < -0.3 is 14.6 Å². The summed E-state index contributed by atoms with van der Waals surface area (Å²) in [5, 5.41) is 3.39. The number of fused-ring (bicyclic) bond motifs is 1. The molecule has 0 spiro atoms. The minimum Gasteiger partial charge on any atom is -0.450 e. The number of carbonyl (C=O) groups is 1. The van der Waals surface area contributed by atoms with Crippen molar-refractivity contribution in [2.75, 3.05) is 20.6 Å². The summed E-state index contributed by atoms with van der Waals surface area (Å²) in [4.78, 5) is 27.1. The smallest absolute Gasteiger partial charge is 0.287 e. The number of aryl methyl sites for hydroxylation is 2. The van der Waals surface area contributed by atoms with Gasteiger partial charge in [-0.25, -0.2) is 0 Å². The second-order valence-corrected chi connectivity index (χ2v) is 7.03. The Labute approximate surface area is 158 Å². The summed E-state index contributed by atoms with van der Waals surface area (Å²) in [7, 11) is 3.93. The number of hydrogen-bond acceptors (Lipinski definition) is 4. The molecule has 0 saturated carbocycles. The van der Waals surface area contributed by atoms with E-state index in [1.54, 1.807) is 6.07 Å². The summed E-state index contributed by atoms with van der Waals surface area (Å²) in [6.07, 6.45) is 0. The Morgan fingerprint density at radius 2 is 1.81 bits per heavy atom. The average Bonchev–Trinajstić information content (AvgIpc) is 2.63. The van der Waals surface area contributed by atoms with Gasteiger partial charge in [0.1, 0.15) is 5.58 Å². The van der Waals surface area contributed by atoms with Crippen LogP contribution in [0.15, 0.2) is 57.7 Å². The van der Waals surface area contributed by atoms with Gasteiger partial charge in [0.15, 0.2) is 11.2 Å². The standard InChI is InChI=1S/C22H24N2O3/c1-14-10-15(2)21-17(11-14)19(25)12-20(27-21)22(26)23-13-18(24(3)4)16-8-6-5-7-9-16/h5-12,18H,13H2,1-4H3,(H,23,26)/t18-/m0/s1. The molecule has 1 amide bonds. The minimum absolute atomic E-state index is 0.0201. The molecule has 0 saturated heterocycles. The molecule has 5 heteroatoms. The Balaban J connectivity index is 1.85. The Bertz CT molecular complexity index is 1020. The number of carbonyl (C=O) groups excluding carboxylic acids is 1. The van der Waals surface area contributed by atoms with Gasteiger partial charge >= 0.3 is 0 Å². The summed E-state index contributed by atoms with van der Waals surface area (Å²) in [6, 6.07) is 15.0. The van der Waals surface area contributed by atoms with Crippen LogP contribution in [0.2, 0.25) is 0 Å². The van der Waals surface area contributed by atoms with Crippen LogP contribution in [0, 0.1) is 13.8 Å². The van der Waals surface area contributed by atoms with Gasteiger partial charge in [-0.05, 0) is 50.7 Å². The Morgan fingerprint density at radius 1 is 1.11 bits per heavy atom. The zero-order chi connectivity index (χ0) is 19.6. The van der Waals surface area contributed by atoms with Crippen molar-refractivity contribution in [3.05, 3.63) is 81.2 Å². The number of nitrogens with zero attached hydrogens (tertiary/aromatic N) is 1. The first-order valence-corrected chi connectivity index (χ1v) is 8.91. The molecule has 1 aromatic heterocycles. The van der Waals surface area contributed by atoms with E-state index in [-0.39, 0.29) is 17.2 Å². The van der Waals surface area contributed by atoms with E-state index in [1.165, 1.54) is 6.07 Å². The molecule has 0 unspecified atom stereocenters. The minimum atomic E-state index is -0.392. The topological polar surface area (TPSA) is 62.6 Å². The van der Waals surface area contributed by atoms with Gasteiger partial charge in [-0.1, -0.05) is 36.4 Å². The normalized spacial score (nSPS) is 12.3. The zero-order valence-corrected chi connectivity index (χ0v) is 16.1. The van der Waals surface area contributed by atoms with Crippen LogP contribution in [0.5, 0.6) is 0 Å². The van der Waals surface area contributed by atoms with E-state index in [1.807, 2.05) is 69.2 Å². The molecule has 3 rings (SSSR count). The lowest BCUT2D eigenvalue weighted by Crippen LogP contribution is -2.34. The summed E-state index contributed by atoms with van der Waals surface area (Å²) in [5.74, 6) is -0.359. The molecule has 0 radical (unpaired) electrons. The fourth-order valence-electron chi connectivity index (χ4n) is 3.27. The second kappa shape index (κ2) is 7.76. The van der Waals surface area contributed by atoms with E-state index in [2.05, 4.69) is 5.32 Å². The highest BCUT2D eigenvalue weighted by atomic mass is 16.3. The first-order valence-electron chi connectivity index (χ1n) is 8.91. The molecule has 3 aromatic rings. The summed E-state index contributed by atoms with van der Waals surface area (Å²) in [6.45, 7) is 4.21. The number of rotatable bonds is 5. The molecule has 0 aliphatic rings. The van der Waals surface area contributed by atoms with Crippen LogP contribution in [0.25, 0.3) is 11.0 Å². The van der Waals surface area contributed by atoms with Gasteiger partial charge in [-0.3, -0.25) is 9.59 Å². The number of amides is 1. The SMILES string of the molecule is Cc1cc(C)c2oc(C(=O)NC[C@@H](c3ccccc3)N(C)C)cc(=O)c2c1. The van der Waals surface area contributed by atoms with Gasteiger partial charge in [0.25, 0.3) is 5.91 Å². The summed E-state index contributed by atoms with van der Waals surface area (Å²) >= 11 is 0. The highest BCUT2D eigenvalue weighted by Gasteiger charge is 2.18. The van der Waals surface area contributed by atoms with E-state index in [4.69, 9.17) is 4.42 Å². The van der Waals surface area contributed by atoms with Crippen LogP contribution in [0.3, 0.4) is 0 Å². The van der Waals surface area contributed by atoms with Crippen molar-refractivity contribution in [2.45, 2.75) is 19.9 Å². The molecule has 0 fully saturated rings. The van der Waals surface area contributed by atoms with Crippen LogP contribution in [0.1, 0.15) is 33.3 Å². The quantitative estimate of drug-likeness (QED) is 0.753. The monoisotopic (exact) mass is 364 g/mol. The van der Waals surface area contributed by atoms with Crippen molar-refractivity contribution in [2.24, 2.45) is 0 Å². The third kappa shape index (κ3) is 4.09. The van der Waals surface area contributed by atoms with Crippen molar-refractivity contribution >= 4 is 16.9 Å². The fraction of sp³-hybridized carbons (Fsp3) is 0.273. The first-order chi connectivity index (χ1) is 12.9. The first kappa shape index (κ1) is 18.9. The number of benzene rings is 2. The lowest BCUT2D eigenvalue weighted by atomic mass is 10.1. The Hall–Kier alpha value is -2.92. The Morgan fingerprint density at radius 3 is 2.48 bits per heavy atom.